The SMILES string of the molecule is COC(=O)C12CCCC1C(CNC(=O)c1nccc3ccccc13)=NO2. The number of methoxy groups -OCH3 is 1. The third-order valence-corrected chi connectivity index (χ3v) is 5.18. The molecule has 1 aromatic heterocycles. The topological polar surface area (TPSA) is 89.9 Å². The minimum Gasteiger partial charge on any atom is -0.466 e. The van der Waals surface area contributed by atoms with Crippen molar-refractivity contribution in [1.82, 2.24) is 10.3 Å². The molecule has 1 amide bonds. The number of amides is 1. The number of hydrogen-bond acceptors (Lipinski definition) is 6. The number of hydrogen-bond donors (Lipinski definition) is 1. The molecule has 2 aliphatic rings. The molecule has 0 radical (unpaired) electrons. The zero-order chi connectivity index (χ0) is 18.1. The first-order valence-corrected chi connectivity index (χ1v) is 8.61. The van der Waals surface area contributed by atoms with E-state index in [1.807, 2.05) is 30.3 Å². The van der Waals surface area contributed by atoms with Crippen LogP contribution >= 0.6 is 0 Å². The third-order valence-electron chi connectivity index (χ3n) is 5.18. The second-order valence-corrected chi connectivity index (χ2v) is 6.56. The molecular formula is C19H19N3O4. The van der Waals surface area contributed by atoms with Crippen LogP contribution in [0.4, 0.5) is 0 Å². The molecule has 2 aromatic rings. The van der Waals surface area contributed by atoms with Gasteiger partial charge >= 0.3 is 5.97 Å². The maximum absolute atomic E-state index is 12.6. The lowest BCUT2D eigenvalue weighted by molar-refractivity contribution is -0.168. The van der Waals surface area contributed by atoms with E-state index in [0.717, 1.165) is 23.6 Å². The molecule has 2 atom stereocenters. The first-order chi connectivity index (χ1) is 12.7. The monoisotopic (exact) mass is 353 g/mol. The lowest BCUT2D eigenvalue weighted by Crippen LogP contribution is -2.45. The van der Waals surface area contributed by atoms with E-state index in [4.69, 9.17) is 9.57 Å². The van der Waals surface area contributed by atoms with E-state index in [2.05, 4.69) is 15.5 Å². The molecule has 0 saturated heterocycles. The van der Waals surface area contributed by atoms with Gasteiger partial charge in [-0.15, -0.1) is 0 Å². The van der Waals surface area contributed by atoms with E-state index in [-0.39, 0.29) is 18.4 Å². The molecular weight excluding hydrogens is 334 g/mol. The Hall–Kier alpha value is -2.96. The summed E-state index contributed by atoms with van der Waals surface area (Å²) in [5, 5.41) is 8.67. The second kappa shape index (κ2) is 6.40. The summed E-state index contributed by atoms with van der Waals surface area (Å²) in [6.45, 7) is 0.215. The minimum absolute atomic E-state index is 0.157. The van der Waals surface area contributed by atoms with Gasteiger partial charge in [-0.1, -0.05) is 29.4 Å². The van der Waals surface area contributed by atoms with Gasteiger partial charge in [0.1, 0.15) is 5.69 Å². The molecule has 1 N–H and O–H groups in total. The average Bonchev–Trinajstić information content (AvgIpc) is 3.25. The van der Waals surface area contributed by atoms with Gasteiger partial charge in [-0.3, -0.25) is 9.78 Å². The number of pyridine rings is 1. The van der Waals surface area contributed by atoms with Gasteiger partial charge in [-0.2, -0.15) is 0 Å². The highest BCUT2D eigenvalue weighted by atomic mass is 16.7. The predicted molar refractivity (Wildman–Crippen MR) is 94.7 cm³/mol. The Labute approximate surface area is 150 Å². The van der Waals surface area contributed by atoms with Crippen molar-refractivity contribution >= 4 is 28.4 Å². The van der Waals surface area contributed by atoms with Crippen LogP contribution in [-0.2, 0) is 14.4 Å². The Morgan fingerprint density at radius 2 is 2.19 bits per heavy atom. The van der Waals surface area contributed by atoms with Gasteiger partial charge in [-0.25, -0.2) is 4.79 Å². The Kier molecular flexibility index (Phi) is 4.06. The minimum atomic E-state index is -1.02. The molecule has 1 aliphatic heterocycles. The summed E-state index contributed by atoms with van der Waals surface area (Å²) in [7, 11) is 1.35. The Morgan fingerprint density at radius 1 is 1.35 bits per heavy atom. The van der Waals surface area contributed by atoms with Crippen molar-refractivity contribution in [2.24, 2.45) is 11.1 Å². The second-order valence-electron chi connectivity index (χ2n) is 6.56. The van der Waals surface area contributed by atoms with Crippen molar-refractivity contribution in [3.63, 3.8) is 0 Å². The number of rotatable bonds is 4. The van der Waals surface area contributed by atoms with E-state index in [1.54, 1.807) is 6.20 Å². The van der Waals surface area contributed by atoms with Crippen molar-refractivity contribution in [3.05, 3.63) is 42.2 Å². The van der Waals surface area contributed by atoms with Gasteiger partial charge in [-0.05, 0) is 24.3 Å². The third kappa shape index (κ3) is 2.51. The van der Waals surface area contributed by atoms with Crippen molar-refractivity contribution < 1.29 is 19.2 Å². The van der Waals surface area contributed by atoms with Crippen LogP contribution in [0.5, 0.6) is 0 Å². The van der Waals surface area contributed by atoms with Crippen molar-refractivity contribution in [2.45, 2.75) is 24.9 Å². The van der Waals surface area contributed by atoms with E-state index in [0.29, 0.717) is 17.8 Å². The Balaban J connectivity index is 1.49. The molecule has 2 unspecified atom stereocenters. The smallest absolute Gasteiger partial charge is 0.353 e. The molecule has 1 aromatic carbocycles. The number of esters is 1. The fourth-order valence-corrected chi connectivity index (χ4v) is 3.89. The van der Waals surface area contributed by atoms with Gasteiger partial charge in [0, 0.05) is 18.0 Å². The summed E-state index contributed by atoms with van der Waals surface area (Å²) in [5.41, 5.74) is 0.0155. The summed E-state index contributed by atoms with van der Waals surface area (Å²) in [5.74, 6) is -0.838. The summed E-state index contributed by atoms with van der Waals surface area (Å²) < 4.78 is 4.90. The summed E-state index contributed by atoms with van der Waals surface area (Å²) in [4.78, 5) is 34.5. The quantitative estimate of drug-likeness (QED) is 0.850. The molecule has 1 aliphatic carbocycles. The zero-order valence-corrected chi connectivity index (χ0v) is 14.4. The lowest BCUT2D eigenvalue weighted by atomic mass is 9.87. The maximum atomic E-state index is 12.6. The maximum Gasteiger partial charge on any atom is 0.353 e. The molecule has 7 heteroatoms. The number of aromatic nitrogens is 1. The highest BCUT2D eigenvalue weighted by Crippen LogP contribution is 2.44. The number of nitrogens with one attached hydrogen (secondary N) is 1. The number of ether oxygens (including phenoxy) is 1. The Bertz CT molecular complexity index is 905. The van der Waals surface area contributed by atoms with Gasteiger partial charge in [0.2, 0.25) is 5.60 Å². The predicted octanol–water partition coefficient (Wildman–Crippen LogP) is 2.06. The lowest BCUT2D eigenvalue weighted by Gasteiger charge is -2.23. The van der Waals surface area contributed by atoms with Crippen molar-refractivity contribution in [2.75, 3.05) is 13.7 Å². The van der Waals surface area contributed by atoms with E-state index in [9.17, 15) is 9.59 Å². The normalized spacial score (nSPS) is 23.9. The van der Waals surface area contributed by atoms with Crippen LogP contribution in [0.1, 0.15) is 29.8 Å². The molecule has 134 valence electrons. The number of carbonyl (C=O) groups is 2. The molecule has 1 saturated carbocycles. The van der Waals surface area contributed by atoms with Crippen LogP contribution in [0.25, 0.3) is 10.8 Å². The summed E-state index contributed by atoms with van der Waals surface area (Å²) in [6.07, 6.45) is 3.84. The summed E-state index contributed by atoms with van der Waals surface area (Å²) in [6, 6.07) is 9.46. The first-order valence-electron chi connectivity index (χ1n) is 8.61. The van der Waals surface area contributed by atoms with Crippen LogP contribution in [-0.4, -0.2) is 41.8 Å². The molecule has 1 fully saturated rings. The highest BCUT2D eigenvalue weighted by Gasteiger charge is 2.58. The average molecular weight is 353 g/mol. The van der Waals surface area contributed by atoms with Gasteiger partial charge in [0.25, 0.3) is 5.91 Å². The molecule has 4 rings (SSSR count). The fourth-order valence-electron chi connectivity index (χ4n) is 3.89. The van der Waals surface area contributed by atoms with Crippen molar-refractivity contribution in [3.8, 4) is 0 Å². The fraction of sp³-hybridized carbons (Fsp3) is 0.368. The largest absolute Gasteiger partial charge is 0.466 e. The van der Waals surface area contributed by atoms with Gasteiger partial charge in [0.05, 0.1) is 25.3 Å². The molecule has 7 nitrogen and oxygen atoms in total. The van der Waals surface area contributed by atoms with Crippen LogP contribution < -0.4 is 5.32 Å². The van der Waals surface area contributed by atoms with Crippen LogP contribution in [0.3, 0.4) is 0 Å². The van der Waals surface area contributed by atoms with Crippen LogP contribution in [0.2, 0.25) is 0 Å². The number of carbonyl (C=O) groups excluding carboxylic acids is 2. The zero-order valence-electron chi connectivity index (χ0n) is 14.4. The molecule has 0 bridgehead atoms. The molecule has 2 heterocycles. The highest BCUT2D eigenvalue weighted by molar-refractivity contribution is 6.07. The first kappa shape index (κ1) is 16.5. The van der Waals surface area contributed by atoms with E-state index >= 15 is 0 Å². The van der Waals surface area contributed by atoms with E-state index < -0.39 is 11.6 Å². The number of fused-ring (bicyclic) bond motifs is 2. The number of nitrogens with zero attached hydrogens (tertiary/aromatic N) is 2. The summed E-state index contributed by atoms with van der Waals surface area (Å²) >= 11 is 0. The van der Waals surface area contributed by atoms with E-state index in [1.165, 1.54) is 7.11 Å². The standard InChI is InChI=1S/C19H19N3O4/c1-25-18(24)19-9-4-7-14(19)15(22-26-19)11-21-17(23)16-13-6-3-2-5-12(13)8-10-20-16/h2-3,5-6,8,10,14H,4,7,9,11H2,1H3,(H,21,23). The van der Waals surface area contributed by atoms with Gasteiger partial charge < -0.3 is 14.9 Å². The van der Waals surface area contributed by atoms with Gasteiger partial charge in [0.15, 0.2) is 0 Å². The van der Waals surface area contributed by atoms with Crippen LogP contribution in [0.15, 0.2) is 41.7 Å². The van der Waals surface area contributed by atoms with Crippen molar-refractivity contribution in [1.29, 1.82) is 0 Å². The number of oxime groups is 1. The van der Waals surface area contributed by atoms with Crippen LogP contribution in [0, 0.1) is 5.92 Å². The molecule has 26 heavy (non-hydrogen) atoms. The Morgan fingerprint density at radius 3 is 3.04 bits per heavy atom. The number of benzene rings is 1. The molecule has 0 spiro atoms.